The minimum atomic E-state index is 0.398. The van der Waals surface area contributed by atoms with E-state index in [0.29, 0.717) is 25.2 Å². The van der Waals surface area contributed by atoms with E-state index in [2.05, 4.69) is 29.2 Å². The Kier molecular flexibility index (Phi) is 3.70. The average Bonchev–Trinajstić information content (AvgIpc) is 2.33. The summed E-state index contributed by atoms with van der Waals surface area (Å²) in [6.45, 7) is 3.34. The normalized spacial score (nSPS) is 17.7. The molecule has 0 spiro atoms. The van der Waals surface area contributed by atoms with Gasteiger partial charge in [0.05, 0.1) is 0 Å². The van der Waals surface area contributed by atoms with Gasteiger partial charge in [0, 0.05) is 39.0 Å². The molecule has 2 rings (SSSR count). The summed E-state index contributed by atoms with van der Waals surface area (Å²) in [6.07, 6.45) is 1.42. The van der Waals surface area contributed by atoms with Crippen LogP contribution in [0, 0.1) is 0 Å². The molecule has 0 aliphatic carbocycles. The molecular weight excluding hydrogens is 200 g/mol. The molecule has 16 heavy (non-hydrogen) atoms. The van der Waals surface area contributed by atoms with Gasteiger partial charge in [-0.15, -0.1) is 0 Å². The van der Waals surface area contributed by atoms with Crippen LogP contribution in [-0.4, -0.2) is 23.8 Å². The second-order valence-electron chi connectivity index (χ2n) is 4.34. The van der Waals surface area contributed by atoms with Gasteiger partial charge < -0.3 is 5.73 Å². The van der Waals surface area contributed by atoms with Gasteiger partial charge in [0.2, 0.25) is 0 Å². The van der Waals surface area contributed by atoms with Crippen LogP contribution in [-0.2, 0) is 17.9 Å². The molecule has 0 radical (unpaired) electrons. The number of likely N-dealkylation sites (tertiary alicyclic amines) is 1. The van der Waals surface area contributed by atoms with Crippen LogP contribution in [0.4, 0.5) is 0 Å². The number of nitrogens with two attached hydrogens (primary N) is 1. The van der Waals surface area contributed by atoms with E-state index in [1.165, 1.54) is 5.56 Å². The first-order valence-electron chi connectivity index (χ1n) is 5.80. The van der Waals surface area contributed by atoms with E-state index in [1.807, 2.05) is 0 Å². The lowest BCUT2D eigenvalue weighted by atomic mass is 10.1. The minimum Gasteiger partial charge on any atom is -0.326 e. The summed E-state index contributed by atoms with van der Waals surface area (Å²) in [7, 11) is 0. The lowest BCUT2D eigenvalue weighted by molar-refractivity contribution is -0.121. The van der Waals surface area contributed by atoms with E-state index in [1.54, 1.807) is 0 Å². The van der Waals surface area contributed by atoms with E-state index in [0.717, 1.165) is 25.2 Å². The Morgan fingerprint density at radius 3 is 2.19 bits per heavy atom. The standard InChI is InChI=1S/C13H18N2O/c14-9-11-1-3-12(4-2-11)10-15-7-5-13(16)6-8-15/h1-4H,5-10,14H2. The van der Waals surface area contributed by atoms with Crippen LogP contribution in [0.25, 0.3) is 0 Å². The summed E-state index contributed by atoms with van der Waals surface area (Å²) in [6, 6.07) is 8.39. The summed E-state index contributed by atoms with van der Waals surface area (Å²) in [5.41, 5.74) is 8.01. The second-order valence-corrected chi connectivity index (χ2v) is 4.34. The summed E-state index contributed by atoms with van der Waals surface area (Å²) in [4.78, 5) is 13.4. The SMILES string of the molecule is NCc1ccc(CN2CCC(=O)CC2)cc1. The highest BCUT2D eigenvalue weighted by atomic mass is 16.1. The number of benzene rings is 1. The Morgan fingerprint density at radius 1 is 1.06 bits per heavy atom. The topological polar surface area (TPSA) is 46.3 Å². The Labute approximate surface area is 96.2 Å². The highest BCUT2D eigenvalue weighted by Gasteiger charge is 2.15. The molecule has 0 atom stereocenters. The summed E-state index contributed by atoms with van der Waals surface area (Å²) < 4.78 is 0. The van der Waals surface area contributed by atoms with Crippen molar-refractivity contribution in [3.8, 4) is 0 Å². The van der Waals surface area contributed by atoms with E-state index >= 15 is 0 Å². The highest BCUT2D eigenvalue weighted by molar-refractivity contribution is 5.79. The van der Waals surface area contributed by atoms with Crippen molar-refractivity contribution in [2.45, 2.75) is 25.9 Å². The number of rotatable bonds is 3. The van der Waals surface area contributed by atoms with Crippen molar-refractivity contribution in [3.63, 3.8) is 0 Å². The monoisotopic (exact) mass is 218 g/mol. The van der Waals surface area contributed by atoms with Gasteiger partial charge in [-0.25, -0.2) is 0 Å². The minimum absolute atomic E-state index is 0.398. The second kappa shape index (κ2) is 5.23. The number of hydrogen-bond acceptors (Lipinski definition) is 3. The van der Waals surface area contributed by atoms with Crippen molar-refractivity contribution in [2.24, 2.45) is 5.73 Å². The van der Waals surface area contributed by atoms with Crippen LogP contribution in [0.2, 0.25) is 0 Å². The molecule has 3 nitrogen and oxygen atoms in total. The summed E-state index contributed by atoms with van der Waals surface area (Å²) in [5.74, 6) is 0.398. The van der Waals surface area contributed by atoms with Crippen LogP contribution in [0.5, 0.6) is 0 Å². The third-order valence-corrected chi connectivity index (χ3v) is 3.08. The molecule has 0 bridgehead atoms. The van der Waals surface area contributed by atoms with Gasteiger partial charge in [0.15, 0.2) is 0 Å². The largest absolute Gasteiger partial charge is 0.326 e. The highest BCUT2D eigenvalue weighted by Crippen LogP contribution is 2.11. The number of nitrogens with zero attached hydrogens (tertiary/aromatic N) is 1. The van der Waals surface area contributed by atoms with Crippen LogP contribution < -0.4 is 5.73 Å². The van der Waals surface area contributed by atoms with Gasteiger partial charge in [-0.05, 0) is 11.1 Å². The number of carbonyl (C=O) groups is 1. The van der Waals surface area contributed by atoms with Gasteiger partial charge >= 0.3 is 0 Å². The summed E-state index contributed by atoms with van der Waals surface area (Å²) in [5, 5.41) is 0. The third-order valence-electron chi connectivity index (χ3n) is 3.08. The molecule has 3 heteroatoms. The molecule has 1 aliphatic rings. The van der Waals surface area contributed by atoms with E-state index in [-0.39, 0.29) is 0 Å². The van der Waals surface area contributed by atoms with Gasteiger partial charge in [-0.3, -0.25) is 9.69 Å². The van der Waals surface area contributed by atoms with Crippen molar-refractivity contribution in [2.75, 3.05) is 13.1 Å². The van der Waals surface area contributed by atoms with Gasteiger partial charge in [0.1, 0.15) is 5.78 Å². The predicted octanol–water partition coefficient (Wildman–Crippen LogP) is 1.31. The lowest BCUT2D eigenvalue weighted by Crippen LogP contribution is -2.33. The molecule has 0 unspecified atom stereocenters. The Bertz CT molecular complexity index is 349. The van der Waals surface area contributed by atoms with Crippen LogP contribution in [0.3, 0.4) is 0 Å². The Balaban J connectivity index is 1.90. The average molecular weight is 218 g/mol. The van der Waals surface area contributed by atoms with Gasteiger partial charge in [-0.2, -0.15) is 0 Å². The van der Waals surface area contributed by atoms with Crippen molar-refractivity contribution >= 4 is 5.78 Å². The van der Waals surface area contributed by atoms with Crippen molar-refractivity contribution < 1.29 is 4.79 Å². The number of ketones is 1. The Morgan fingerprint density at radius 2 is 1.62 bits per heavy atom. The molecule has 1 heterocycles. The zero-order valence-electron chi connectivity index (χ0n) is 9.48. The number of Topliss-reactive ketones (excluding diaryl/α,β-unsaturated/α-hetero) is 1. The van der Waals surface area contributed by atoms with E-state index in [4.69, 9.17) is 5.73 Å². The first-order chi connectivity index (χ1) is 7.78. The molecule has 0 amide bonds. The van der Waals surface area contributed by atoms with Crippen LogP contribution >= 0.6 is 0 Å². The maximum Gasteiger partial charge on any atom is 0.135 e. The quantitative estimate of drug-likeness (QED) is 0.832. The van der Waals surface area contributed by atoms with E-state index < -0.39 is 0 Å². The molecule has 1 aromatic carbocycles. The first-order valence-corrected chi connectivity index (χ1v) is 5.80. The third kappa shape index (κ3) is 2.90. The molecule has 2 N–H and O–H groups in total. The van der Waals surface area contributed by atoms with Crippen LogP contribution in [0.15, 0.2) is 24.3 Å². The molecule has 1 aliphatic heterocycles. The number of hydrogen-bond donors (Lipinski definition) is 1. The molecule has 86 valence electrons. The smallest absolute Gasteiger partial charge is 0.135 e. The predicted molar refractivity (Wildman–Crippen MR) is 63.9 cm³/mol. The fourth-order valence-corrected chi connectivity index (χ4v) is 2.00. The van der Waals surface area contributed by atoms with Gasteiger partial charge in [0.25, 0.3) is 0 Å². The van der Waals surface area contributed by atoms with Crippen molar-refractivity contribution in [3.05, 3.63) is 35.4 Å². The zero-order valence-corrected chi connectivity index (χ0v) is 9.48. The maximum atomic E-state index is 11.1. The maximum absolute atomic E-state index is 11.1. The van der Waals surface area contributed by atoms with Crippen molar-refractivity contribution in [1.82, 2.24) is 4.90 Å². The molecule has 0 aromatic heterocycles. The first kappa shape index (κ1) is 11.3. The number of carbonyl (C=O) groups excluding carboxylic acids is 1. The fourth-order valence-electron chi connectivity index (χ4n) is 2.00. The molecule has 1 aromatic rings. The van der Waals surface area contributed by atoms with Crippen molar-refractivity contribution in [1.29, 1.82) is 0 Å². The number of piperidine rings is 1. The van der Waals surface area contributed by atoms with Gasteiger partial charge in [-0.1, -0.05) is 24.3 Å². The zero-order chi connectivity index (χ0) is 11.4. The van der Waals surface area contributed by atoms with E-state index in [9.17, 15) is 4.79 Å². The fraction of sp³-hybridized carbons (Fsp3) is 0.462. The molecular formula is C13H18N2O. The Hall–Kier alpha value is -1.19. The lowest BCUT2D eigenvalue weighted by Gasteiger charge is -2.25. The molecule has 1 fully saturated rings. The molecule has 1 saturated heterocycles. The van der Waals surface area contributed by atoms with Crippen LogP contribution in [0.1, 0.15) is 24.0 Å². The summed E-state index contributed by atoms with van der Waals surface area (Å²) >= 11 is 0. The molecule has 0 saturated carbocycles.